The smallest absolute Gasteiger partial charge is 0.378 e. The van der Waals surface area contributed by atoms with Gasteiger partial charge in [0.05, 0.1) is 11.7 Å². The summed E-state index contributed by atoms with van der Waals surface area (Å²) in [6.07, 6.45) is -0.487. The maximum Gasteiger partial charge on any atom is 0.416 e. The molecule has 1 aliphatic rings. The van der Waals surface area contributed by atoms with Crippen LogP contribution in [0.25, 0.3) is 0 Å². The Morgan fingerprint density at radius 3 is 2.75 bits per heavy atom. The van der Waals surface area contributed by atoms with E-state index in [1.54, 1.807) is 0 Å². The lowest BCUT2D eigenvalue weighted by Crippen LogP contribution is -2.20. The zero-order valence-corrected chi connectivity index (χ0v) is 11.1. The summed E-state index contributed by atoms with van der Waals surface area (Å²) in [7, 11) is 0. The summed E-state index contributed by atoms with van der Waals surface area (Å²) in [5.74, 6) is -0.259. The summed E-state index contributed by atoms with van der Waals surface area (Å²) in [5.41, 5.74) is -0.659. The van der Waals surface area contributed by atoms with Gasteiger partial charge in [-0.15, -0.1) is 0 Å². The zero-order valence-electron chi connectivity index (χ0n) is 11.1. The minimum atomic E-state index is -4.41. The number of hydrogen-bond acceptors (Lipinski definition) is 2. The minimum absolute atomic E-state index is 0.0681. The molecule has 1 aliphatic heterocycles. The van der Waals surface area contributed by atoms with Crippen LogP contribution < -0.4 is 0 Å². The van der Waals surface area contributed by atoms with E-state index >= 15 is 0 Å². The second kappa shape index (κ2) is 6.39. The summed E-state index contributed by atoms with van der Waals surface area (Å²) < 4.78 is 43.2. The number of ketones is 1. The normalized spacial score (nSPS) is 19.9. The molecule has 5 heteroatoms. The van der Waals surface area contributed by atoms with E-state index in [0.717, 1.165) is 31.4 Å². The molecule has 0 amide bonds. The van der Waals surface area contributed by atoms with Gasteiger partial charge in [0.1, 0.15) is 0 Å². The van der Waals surface area contributed by atoms with Gasteiger partial charge in [0.15, 0.2) is 5.78 Å². The second-order valence-electron chi connectivity index (χ2n) is 5.03. The number of rotatable bonds is 4. The molecule has 1 saturated heterocycles. The van der Waals surface area contributed by atoms with Crippen molar-refractivity contribution in [3.05, 3.63) is 35.4 Å². The van der Waals surface area contributed by atoms with E-state index in [-0.39, 0.29) is 23.9 Å². The summed E-state index contributed by atoms with van der Waals surface area (Å²) >= 11 is 0. The first kappa shape index (κ1) is 15.0. The summed E-state index contributed by atoms with van der Waals surface area (Å²) in [6, 6.07) is 4.59. The predicted octanol–water partition coefficient (Wildman–Crippen LogP) is 4.24. The van der Waals surface area contributed by atoms with Gasteiger partial charge in [-0.1, -0.05) is 12.1 Å². The van der Waals surface area contributed by atoms with Crippen LogP contribution in [0.5, 0.6) is 0 Å². The van der Waals surface area contributed by atoms with Crippen molar-refractivity contribution >= 4 is 5.78 Å². The predicted molar refractivity (Wildman–Crippen MR) is 68.6 cm³/mol. The first-order valence-electron chi connectivity index (χ1n) is 6.79. The quantitative estimate of drug-likeness (QED) is 0.774. The molecular weight excluding hydrogens is 269 g/mol. The van der Waals surface area contributed by atoms with Crippen molar-refractivity contribution in [2.45, 2.75) is 44.4 Å². The Hall–Kier alpha value is -1.36. The topological polar surface area (TPSA) is 26.3 Å². The molecule has 110 valence electrons. The van der Waals surface area contributed by atoms with Gasteiger partial charge in [0, 0.05) is 18.6 Å². The van der Waals surface area contributed by atoms with Gasteiger partial charge >= 0.3 is 6.18 Å². The van der Waals surface area contributed by atoms with Crippen LogP contribution in [0.3, 0.4) is 0 Å². The third-order valence-electron chi connectivity index (χ3n) is 3.48. The minimum Gasteiger partial charge on any atom is -0.378 e. The van der Waals surface area contributed by atoms with E-state index in [1.165, 1.54) is 12.1 Å². The van der Waals surface area contributed by atoms with Gasteiger partial charge < -0.3 is 4.74 Å². The first-order valence-corrected chi connectivity index (χ1v) is 6.79. The van der Waals surface area contributed by atoms with Gasteiger partial charge in [-0.05, 0) is 37.8 Å². The molecule has 1 aromatic rings. The van der Waals surface area contributed by atoms with Crippen molar-refractivity contribution in [2.75, 3.05) is 6.61 Å². The van der Waals surface area contributed by atoms with Crippen LogP contribution in [0, 0.1) is 0 Å². The molecule has 1 heterocycles. The number of carbonyl (C=O) groups is 1. The molecule has 0 aliphatic carbocycles. The first-order chi connectivity index (χ1) is 9.47. The fourth-order valence-corrected chi connectivity index (χ4v) is 2.34. The van der Waals surface area contributed by atoms with Gasteiger partial charge in [-0.3, -0.25) is 4.79 Å². The van der Waals surface area contributed by atoms with Crippen LogP contribution in [0.2, 0.25) is 0 Å². The van der Waals surface area contributed by atoms with Crippen molar-refractivity contribution < 1.29 is 22.7 Å². The number of halogens is 3. The second-order valence-corrected chi connectivity index (χ2v) is 5.03. The van der Waals surface area contributed by atoms with Gasteiger partial charge in [-0.2, -0.15) is 13.2 Å². The highest BCUT2D eigenvalue weighted by Crippen LogP contribution is 2.30. The molecule has 2 rings (SSSR count). The van der Waals surface area contributed by atoms with Crippen molar-refractivity contribution in [1.82, 2.24) is 0 Å². The van der Waals surface area contributed by atoms with Crippen LogP contribution in [-0.4, -0.2) is 18.5 Å². The zero-order chi connectivity index (χ0) is 14.6. The average molecular weight is 286 g/mol. The fourth-order valence-electron chi connectivity index (χ4n) is 2.34. The average Bonchev–Trinajstić information content (AvgIpc) is 2.45. The molecule has 1 unspecified atom stereocenters. The summed E-state index contributed by atoms with van der Waals surface area (Å²) in [6.45, 7) is 0.711. The largest absolute Gasteiger partial charge is 0.416 e. The molecule has 0 N–H and O–H groups in total. The highest BCUT2D eigenvalue weighted by atomic mass is 19.4. The number of alkyl halides is 3. The van der Waals surface area contributed by atoms with E-state index in [9.17, 15) is 18.0 Å². The molecule has 0 radical (unpaired) electrons. The van der Waals surface area contributed by atoms with Crippen molar-refractivity contribution in [1.29, 1.82) is 0 Å². The third-order valence-corrected chi connectivity index (χ3v) is 3.48. The number of Topliss-reactive ketones (excluding diaryl/α,β-unsaturated/α-hetero) is 1. The highest BCUT2D eigenvalue weighted by molar-refractivity contribution is 5.96. The van der Waals surface area contributed by atoms with Crippen LogP contribution in [-0.2, 0) is 10.9 Å². The van der Waals surface area contributed by atoms with E-state index < -0.39 is 11.7 Å². The Balaban J connectivity index is 1.95. The molecule has 1 fully saturated rings. The SMILES string of the molecule is O=C(CCC1CCCCO1)c1cccc(C(F)(F)F)c1. The van der Waals surface area contributed by atoms with Crippen molar-refractivity contribution in [3.8, 4) is 0 Å². The van der Waals surface area contributed by atoms with Gasteiger partial charge in [-0.25, -0.2) is 0 Å². The molecule has 0 saturated carbocycles. The van der Waals surface area contributed by atoms with Crippen LogP contribution in [0.15, 0.2) is 24.3 Å². The van der Waals surface area contributed by atoms with E-state index in [0.29, 0.717) is 13.0 Å². The Bertz CT molecular complexity index is 462. The summed E-state index contributed by atoms with van der Waals surface area (Å²) in [4.78, 5) is 11.9. The van der Waals surface area contributed by atoms with Crippen LogP contribution in [0.1, 0.15) is 48.0 Å². The lowest BCUT2D eigenvalue weighted by atomic mass is 9.99. The Morgan fingerprint density at radius 2 is 2.10 bits per heavy atom. The van der Waals surface area contributed by atoms with Crippen molar-refractivity contribution in [3.63, 3.8) is 0 Å². The summed E-state index contributed by atoms with van der Waals surface area (Å²) in [5, 5.41) is 0. The van der Waals surface area contributed by atoms with Gasteiger partial charge in [0.2, 0.25) is 0 Å². The molecule has 1 atom stereocenters. The molecule has 1 aromatic carbocycles. The molecule has 0 bridgehead atoms. The molecule has 2 nitrogen and oxygen atoms in total. The van der Waals surface area contributed by atoms with Crippen molar-refractivity contribution in [2.24, 2.45) is 0 Å². The lowest BCUT2D eigenvalue weighted by Gasteiger charge is -2.22. The maximum atomic E-state index is 12.6. The van der Waals surface area contributed by atoms with E-state index in [4.69, 9.17) is 4.74 Å². The molecular formula is C15H17F3O2. The molecule has 0 aromatic heterocycles. The Morgan fingerprint density at radius 1 is 1.30 bits per heavy atom. The van der Waals surface area contributed by atoms with Crippen LogP contribution in [0.4, 0.5) is 13.2 Å². The Kier molecular flexibility index (Phi) is 4.81. The maximum absolute atomic E-state index is 12.6. The van der Waals surface area contributed by atoms with Gasteiger partial charge in [0.25, 0.3) is 0 Å². The lowest BCUT2D eigenvalue weighted by molar-refractivity contribution is -0.137. The highest BCUT2D eigenvalue weighted by Gasteiger charge is 2.30. The number of carbonyl (C=O) groups excluding carboxylic acids is 1. The van der Waals surface area contributed by atoms with Crippen LogP contribution >= 0.6 is 0 Å². The standard InChI is InChI=1S/C15H17F3O2/c16-15(17,18)12-5-3-4-11(10-12)14(19)8-7-13-6-1-2-9-20-13/h3-5,10,13H,1-2,6-9H2. The van der Waals surface area contributed by atoms with E-state index in [1.807, 2.05) is 0 Å². The third kappa shape index (κ3) is 4.07. The molecule has 20 heavy (non-hydrogen) atoms. The monoisotopic (exact) mass is 286 g/mol. The number of hydrogen-bond donors (Lipinski definition) is 0. The Labute approximate surface area is 115 Å². The fraction of sp³-hybridized carbons (Fsp3) is 0.533. The van der Waals surface area contributed by atoms with E-state index in [2.05, 4.69) is 0 Å². The number of benzene rings is 1. The number of ether oxygens (including phenoxy) is 1. The molecule has 0 spiro atoms.